The molecule has 0 spiro atoms. The second kappa shape index (κ2) is 12.4. The van der Waals surface area contributed by atoms with Gasteiger partial charge in [-0.1, -0.05) is 25.5 Å². The van der Waals surface area contributed by atoms with E-state index in [9.17, 15) is 22.8 Å². The number of alkyl carbamates (subject to hydrolysis) is 1. The molecule has 1 aromatic carbocycles. The summed E-state index contributed by atoms with van der Waals surface area (Å²) in [5, 5.41) is 12.6. The van der Waals surface area contributed by atoms with Gasteiger partial charge in [-0.3, -0.25) is 10.2 Å². The predicted octanol–water partition coefficient (Wildman–Crippen LogP) is 1.75. The Morgan fingerprint density at radius 1 is 1.21 bits per heavy atom. The van der Waals surface area contributed by atoms with Crippen molar-refractivity contribution in [3.05, 3.63) is 29.8 Å². The first-order valence-corrected chi connectivity index (χ1v) is 8.05. The van der Waals surface area contributed by atoms with Crippen LogP contribution < -0.4 is 21.9 Å². The molecule has 2 amide bonds. The van der Waals surface area contributed by atoms with Gasteiger partial charge < -0.3 is 20.5 Å². The molecular weight excluding hydrogens is 385 g/mol. The first-order chi connectivity index (χ1) is 13.0. The number of amides is 2. The standard InChI is InChI=1S/C14H22N4O3.C2HF3O2/c1-3-4-12(13(19)18-15)17-14(20)21-9-10-5-7-11(16-2)8-6-10;3-2(4,5)1(6)7/h5-8,12,16H,3-4,9,15H2,1-2H3,(H,17,20)(H,18,19);(H,6,7)/t12-;/m1./s1. The van der Waals surface area contributed by atoms with E-state index in [2.05, 4.69) is 10.6 Å². The molecule has 9 nitrogen and oxygen atoms in total. The average Bonchev–Trinajstić information content (AvgIpc) is 2.65. The molecule has 0 bridgehead atoms. The maximum absolute atomic E-state index is 11.7. The maximum Gasteiger partial charge on any atom is 0.490 e. The Hall–Kier alpha value is -3.02. The number of carboxylic acid groups (broad SMARTS) is 1. The van der Waals surface area contributed by atoms with Crippen LogP contribution in [0.15, 0.2) is 24.3 Å². The van der Waals surface area contributed by atoms with E-state index < -0.39 is 30.2 Å². The molecule has 0 saturated heterocycles. The van der Waals surface area contributed by atoms with Crippen LogP contribution in [-0.2, 0) is 20.9 Å². The summed E-state index contributed by atoms with van der Waals surface area (Å²) in [6.07, 6.45) is -4.49. The Kier molecular flexibility index (Phi) is 11.0. The summed E-state index contributed by atoms with van der Waals surface area (Å²) >= 11 is 0. The van der Waals surface area contributed by atoms with Crippen LogP contribution in [0.5, 0.6) is 0 Å². The molecule has 6 N–H and O–H groups in total. The van der Waals surface area contributed by atoms with Crippen LogP contribution in [0.25, 0.3) is 0 Å². The summed E-state index contributed by atoms with van der Waals surface area (Å²) in [6.45, 7) is 2.05. The molecule has 0 aromatic heterocycles. The minimum atomic E-state index is -5.08. The molecule has 0 aliphatic rings. The number of anilines is 1. The van der Waals surface area contributed by atoms with E-state index in [-0.39, 0.29) is 6.61 Å². The Labute approximate surface area is 159 Å². The monoisotopic (exact) mass is 408 g/mol. The Morgan fingerprint density at radius 3 is 2.14 bits per heavy atom. The highest BCUT2D eigenvalue weighted by atomic mass is 19.4. The fourth-order valence-corrected chi connectivity index (χ4v) is 1.76. The first kappa shape index (κ1) is 25.0. The maximum atomic E-state index is 11.7. The lowest BCUT2D eigenvalue weighted by Gasteiger charge is -2.16. The number of halogens is 3. The number of nitrogens with two attached hydrogens (primary N) is 1. The zero-order valence-corrected chi connectivity index (χ0v) is 15.3. The average molecular weight is 408 g/mol. The summed E-state index contributed by atoms with van der Waals surface area (Å²) in [7, 11) is 1.83. The van der Waals surface area contributed by atoms with Gasteiger partial charge in [-0.05, 0) is 24.1 Å². The van der Waals surface area contributed by atoms with Crippen LogP contribution in [0.3, 0.4) is 0 Å². The van der Waals surface area contributed by atoms with Gasteiger partial charge in [-0.15, -0.1) is 0 Å². The molecule has 0 saturated carbocycles. The van der Waals surface area contributed by atoms with Crippen molar-refractivity contribution in [2.24, 2.45) is 5.84 Å². The molecule has 158 valence electrons. The number of alkyl halides is 3. The van der Waals surface area contributed by atoms with Crippen molar-refractivity contribution < 1.29 is 37.4 Å². The van der Waals surface area contributed by atoms with Crippen molar-refractivity contribution in [1.82, 2.24) is 10.7 Å². The van der Waals surface area contributed by atoms with Crippen molar-refractivity contribution in [2.45, 2.75) is 38.6 Å². The van der Waals surface area contributed by atoms with Gasteiger partial charge in [-0.2, -0.15) is 13.2 Å². The quantitative estimate of drug-likeness (QED) is 0.263. The van der Waals surface area contributed by atoms with Crippen LogP contribution in [0.1, 0.15) is 25.3 Å². The third-order valence-corrected chi connectivity index (χ3v) is 3.18. The molecule has 0 aliphatic heterocycles. The summed E-state index contributed by atoms with van der Waals surface area (Å²) in [5.41, 5.74) is 3.86. The van der Waals surface area contributed by atoms with E-state index >= 15 is 0 Å². The van der Waals surface area contributed by atoms with E-state index in [1.807, 2.05) is 43.7 Å². The zero-order chi connectivity index (χ0) is 21.7. The number of benzene rings is 1. The van der Waals surface area contributed by atoms with E-state index in [0.717, 1.165) is 17.7 Å². The molecule has 0 radical (unpaired) electrons. The highest BCUT2D eigenvalue weighted by Crippen LogP contribution is 2.13. The smallest absolute Gasteiger partial charge is 0.475 e. The van der Waals surface area contributed by atoms with Gasteiger partial charge in [0.2, 0.25) is 0 Å². The lowest BCUT2D eigenvalue weighted by molar-refractivity contribution is -0.192. The zero-order valence-electron chi connectivity index (χ0n) is 15.3. The van der Waals surface area contributed by atoms with E-state index in [1.165, 1.54) is 0 Å². The molecule has 28 heavy (non-hydrogen) atoms. The largest absolute Gasteiger partial charge is 0.490 e. The number of hydrazine groups is 1. The van der Waals surface area contributed by atoms with Crippen molar-refractivity contribution in [3.8, 4) is 0 Å². The van der Waals surface area contributed by atoms with Crippen LogP contribution in [0.4, 0.5) is 23.7 Å². The first-order valence-electron chi connectivity index (χ1n) is 8.05. The highest BCUT2D eigenvalue weighted by molar-refractivity contribution is 5.85. The molecule has 12 heteroatoms. The normalized spacial score (nSPS) is 11.4. The lowest BCUT2D eigenvalue weighted by Crippen LogP contribution is -2.48. The SMILES string of the molecule is CCC[C@@H](NC(=O)OCc1ccc(NC)cc1)C(=O)NN.O=C(O)C(F)(F)F. The van der Waals surface area contributed by atoms with Crippen LogP contribution >= 0.6 is 0 Å². The van der Waals surface area contributed by atoms with Gasteiger partial charge in [0.25, 0.3) is 5.91 Å². The summed E-state index contributed by atoms with van der Waals surface area (Å²) in [6, 6.07) is 6.81. The van der Waals surface area contributed by atoms with Crippen molar-refractivity contribution in [1.29, 1.82) is 0 Å². The lowest BCUT2D eigenvalue weighted by atomic mass is 10.1. The number of carbonyl (C=O) groups is 3. The number of nitrogens with one attached hydrogen (secondary N) is 3. The molecule has 0 fully saturated rings. The summed E-state index contributed by atoms with van der Waals surface area (Å²) in [4.78, 5) is 32.0. The van der Waals surface area contributed by atoms with Gasteiger partial charge in [0.1, 0.15) is 12.6 Å². The number of ether oxygens (including phenoxy) is 1. The Balaban J connectivity index is 0.000000887. The Bertz CT molecular complexity index is 638. The minimum Gasteiger partial charge on any atom is -0.475 e. The fourth-order valence-electron chi connectivity index (χ4n) is 1.76. The molecule has 0 heterocycles. The molecule has 1 atom stereocenters. The van der Waals surface area contributed by atoms with Crippen LogP contribution in [0.2, 0.25) is 0 Å². The van der Waals surface area contributed by atoms with Gasteiger partial charge in [0.05, 0.1) is 0 Å². The summed E-state index contributed by atoms with van der Waals surface area (Å²) in [5.74, 6) is 1.88. The second-order valence-corrected chi connectivity index (χ2v) is 5.32. The molecule has 1 rings (SSSR count). The summed E-state index contributed by atoms with van der Waals surface area (Å²) < 4.78 is 36.8. The molecular formula is C16H23F3N4O5. The van der Waals surface area contributed by atoms with Gasteiger partial charge in [0.15, 0.2) is 0 Å². The Morgan fingerprint density at radius 2 is 1.75 bits per heavy atom. The third-order valence-electron chi connectivity index (χ3n) is 3.18. The number of rotatable bonds is 7. The van der Waals surface area contributed by atoms with Crippen molar-refractivity contribution in [2.75, 3.05) is 12.4 Å². The van der Waals surface area contributed by atoms with E-state index in [0.29, 0.717) is 6.42 Å². The number of carbonyl (C=O) groups excluding carboxylic acids is 2. The van der Waals surface area contributed by atoms with Crippen LogP contribution in [0, 0.1) is 0 Å². The number of carboxylic acids is 1. The second-order valence-electron chi connectivity index (χ2n) is 5.32. The number of hydrogen-bond acceptors (Lipinski definition) is 6. The highest BCUT2D eigenvalue weighted by Gasteiger charge is 2.38. The van der Waals surface area contributed by atoms with Crippen molar-refractivity contribution >= 4 is 23.7 Å². The van der Waals surface area contributed by atoms with Gasteiger partial charge in [-0.25, -0.2) is 15.4 Å². The van der Waals surface area contributed by atoms with Crippen molar-refractivity contribution in [3.63, 3.8) is 0 Å². The number of aliphatic carboxylic acids is 1. The fraction of sp³-hybridized carbons (Fsp3) is 0.438. The van der Waals surface area contributed by atoms with E-state index in [4.69, 9.17) is 20.5 Å². The van der Waals surface area contributed by atoms with Gasteiger partial charge >= 0.3 is 18.2 Å². The topological polar surface area (TPSA) is 143 Å². The number of hydrogen-bond donors (Lipinski definition) is 5. The third kappa shape index (κ3) is 10.2. The molecule has 0 aliphatic carbocycles. The van der Waals surface area contributed by atoms with Gasteiger partial charge in [0, 0.05) is 12.7 Å². The molecule has 1 aromatic rings. The van der Waals surface area contributed by atoms with E-state index in [1.54, 1.807) is 0 Å². The van der Waals surface area contributed by atoms with Crippen LogP contribution in [-0.4, -0.2) is 42.3 Å². The minimum absolute atomic E-state index is 0.138. The molecule has 0 unspecified atom stereocenters. The predicted molar refractivity (Wildman–Crippen MR) is 94.0 cm³/mol.